The Morgan fingerprint density at radius 1 is 1.19 bits per heavy atom. The second kappa shape index (κ2) is 8.51. The fraction of sp³-hybridized carbons (Fsp3) is 0.421. The van der Waals surface area contributed by atoms with Crippen LogP contribution in [0.5, 0.6) is 5.75 Å². The van der Waals surface area contributed by atoms with E-state index >= 15 is 0 Å². The number of carbonyl (C=O) groups is 2. The van der Waals surface area contributed by atoms with Gasteiger partial charge in [0.05, 0.1) is 7.11 Å². The molecule has 0 unspecified atom stereocenters. The van der Waals surface area contributed by atoms with Crippen LogP contribution in [-0.4, -0.2) is 48.6 Å². The van der Waals surface area contributed by atoms with E-state index in [1.165, 1.54) is 6.42 Å². The Morgan fingerprint density at radius 3 is 2.62 bits per heavy atom. The number of likely N-dealkylation sites (tertiary alicyclic amines) is 1. The normalized spacial score (nSPS) is 14.1. The number of aromatic nitrogens is 1. The Bertz CT molecular complexity index is 748. The highest BCUT2D eigenvalue weighted by Crippen LogP contribution is 2.23. The van der Waals surface area contributed by atoms with Crippen molar-refractivity contribution in [2.45, 2.75) is 25.7 Å². The van der Waals surface area contributed by atoms with E-state index in [0.29, 0.717) is 18.7 Å². The number of nitrogens with zero attached hydrogens (tertiary/aromatic N) is 2. The van der Waals surface area contributed by atoms with Crippen LogP contribution >= 0.6 is 0 Å². The van der Waals surface area contributed by atoms with E-state index in [-0.39, 0.29) is 17.5 Å². The molecule has 1 fully saturated rings. The summed E-state index contributed by atoms with van der Waals surface area (Å²) in [5, 5.41) is 6.53. The van der Waals surface area contributed by atoms with Gasteiger partial charge in [-0.2, -0.15) is 0 Å². The van der Waals surface area contributed by atoms with Gasteiger partial charge in [-0.1, -0.05) is 5.16 Å². The fourth-order valence-corrected chi connectivity index (χ4v) is 2.95. The first-order chi connectivity index (χ1) is 12.7. The van der Waals surface area contributed by atoms with E-state index in [4.69, 9.17) is 9.26 Å². The van der Waals surface area contributed by atoms with Crippen molar-refractivity contribution in [1.29, 1.82) is 0 Å². The molecular weight excluding hydrogens is 334 g/mol. The van der Waals surface area contributed by atoms with Gasteiger partial charge in [0.1, 0.15) is 5.75 Å². The van der Waals surface area contributed by atoms with Crippen LogP contribution in [0.1, 0.15) is 36.2 Å². The van der Waals surface area contributed by atoms with Crippen molar-refractivity contribution in [2.75, 3.05) is 26.7 Å². The van der Waals surface area contributed by atoms with Gasteiger partial charge in [0.15, 0.2) is 11.5 Å². The largest absolute Gasteiger partial charge is 0.497 e. The average Bonchev–Trinajstić information content (AvgIpc) is 3.19. The molecule has 1 aliphatic rings. The van der Waals surface area contributed by atoms with Crippen LogP contribution in [0.2, 0.25) is 0 Å². The maximum absolute atomic E-state index is 12.2. The molecule has 2 heterocycles. The highest BCUT2D eigenvalue weighted by molar-refractivity contribution is 5.93. The molecule has 138 valence electrons. The lowest BCUT2D eigenvalue weighted by Crippen LogP contribution is -2.37. The number of methoxy groups -OCH3 is 1. The van der Waals surface area contributed by atoms with Crippen molar-refractivity contribution in [2.24, 2.45) is 0 Å². The van der Waals surface area contributed by atoms with E-state index in [2.05, 4.69) is 10.5 Å². The summed E-state index contributed by atoms with van der Waals surface area (Å²) < 4.78 is 10.4. The maximum atomic E-state index is 12.2. The van der Waals surface area contributed by atoms with E-state index in [0.717, 1.165) is 37.2 Å². The van der Waals surface area contributed by atoms with E-state index in [9.17, 15) is 9.59 Å². The molecule has 1 saturated heterocycles. The van der Waals surface area contributed by atoms with Gasteiger partial charge >= 0.3 is 0 Å². The van der Waals surface area contributed by atoms with Gasteiger partial charge in [0, 0.05) is 37.7 Å². The number of hydrogen-bond acceptors (Lipinski definition) is 5. The van der Waals surface area contributed by atoms with Crippen LogP contribution in [0.3, 0.4) is 0 Å². The quantitative estimate of drug-likeness (QED) is 0.858. The molecule has 0 spiro atoms. The molecule has 0 atom stereocenters. The molecule has 1 N–H and O–H groups in total. The van der Waals surface area contributed by atoms with Crippen LogP contribution < -0.4 is 10.1 Å². The van der Waals surface area contributed by atoms with Gasteiger partial charge in [0.2, 0.25) is 5.91 Å². The van der Waals surface area contributed by atoms with Crippen LogP contribution in [0.15, 0.2) is 34.9 Å². The summed E-state index contributed by atoms with van der Waals surface area (Å²) >= 11 is 0. The summed E-state index contributed by atoms with van der Waals surface area (Å²) in [4.78, 5) is 26.1. The fourth-order valence-electron chi connectivity index (χ4n) is 2.95. The third-order valence-electron chi connectivity index (χ3n) is 4.45. The maximum Gasteiger partial charge on any atom is 0.273 e. The number of ether oxygens (including phenoxy) is 1. The van der Waals surface area contributed by atoms with Gasteiger partial charge < -0.3 is 19.5 Å². The number of rotatable bonds is 6. The van der Waals surface area contributed by atoms with Crippen molar-refractivity contribution in [3.8, 4) is 17.1 Å². The van der Waals surface area contributed by atoms with E-state index in [1.807, 2.05) is 29.2 Å². The molecular formula is C19H23N3O4. The lowest BCUT2D eigenvalue weighted by atomic mass is 10.1. The SMILES string of the molecule is COc1ccc(-c2cc(C(=O)NCCC(=O)N3CCCCC3)no2)cc1. The monoisotopic (exact) mass is 357 g/mol. The molecule has 0 saturated carbocycles. The minimum absolute atomic E-state index is 0.0871. The van der Waals surface area contributed by atoms with E-state index in [1.54, 1.807) is 13.2 Å². The summed E-state index contributed by atoms with van der Waals surface area (Å²) in [5.41, 5.74) is 0.999. The number of benzene rings is 1. The van der Waals surface area contributed by atoms with Crippen molar-refractivity contribution < 1.29 is 18.8 Å². The number of piperidine rings is 1. The highest BCUT2D eigenvalue weighted by atomic mass is 16.5. The Hall–Kier alpha value is -2.83. The Balaban J connectivity index is 1.50. The third kappa shape index (κ3) is 4.41. The minimum atomic E-state index is -0.347. The lowest BCUT2D eigenvalue weighted by Gasteiger charge is -2.26. The molecule has 0 radical (unpaired) electrons. The predicted molar refractivity (Wildman–Crippen MR) is 95.9 cm³/mol. The van der Waals surface area contributed by atoms with Gasteiger partial charge in [-0.25, -0.2) is 0 Å². The molecule has 0 bridgehead atoms. The predicted octanol–water partition coefficient (Wildman–Crippen LogP) is 2.48. The smallest absolute Gasteiger partial charge is 0.273 e. The summed E-state index contributed by atoms with van der Waals surface area (Å²) in [5.74, 6) is 0.982. The first kappa shape index (κ1) is 18.0. The number of nitrogens with one attached hydrogen (secondary N) is 1. The Kier molecular flexibility index (Phi) is 5.88. The first-order valence-corrected chi connectivity index (χ1v) is 8.84. The topological polar surface area (TPSA) is 84.7 Å². The zero-order valence-electron chi connectivity index (χ0n) is 14.9. The second-order valence-corrected chi connectivity index (χ2v) is 6.25. The molecule has 7 heteroatoms. The Morgan fingerprint density at radius 2 is 1.92 bits per heavy atom. The van der Waals surface area contributed by atoms with Crippen LogP contribution in [0.25, 0.3) is 11.3 Å². The van der Waals surface area contributed by atoms with Gasteiger partial charge in [-0.05, 0) is 43.5 Å². The standard InChI is InChI=1S/C19H23N3O4/c1-25-15-7-5-14(6-8-15)17-13-16(21-26-17)19(24)20-10-9-18(23)22-11-3-2-4-12-22/h5-8,13H,2-4,9-12H2,1H3,(H,20,24). The number of amides is 2. The molecule has 0 aliphatic carbocycles. The summed E-state index contributed by atoms with van der Waals surface area (Å²) in [6.07, 6.45) is 3.61. The van der Waals surface area contributed by atoms with Crippen molar-refractivity contribution in [3.05, 3.63) is 36.0 Å². The molecule has 3 rings (SSSR count). The molecule has 2 amide bonds. The molecule has 1 aliphatic heterocycles. The zero-order chi connectivity index (χ0) is 18.4. The second-order valence-electron chi connectivity index (χ2n) is 6.25. The summed E-state index contributed by atoms with van der Waals surface area (Å²) in [6.45, 7) is 1.93. The molecule has 1 aromatic heterocycles. The Labute approximate surface area is 152 Å². The number of hydrogen-bond donors (Lipinski definition) is 1. The molecule has 26 heavy (non-hydrogen) atoms. The minimum Gasteiger partial charge on any atom is -0.497 e. The molecule has 7 nitrogen and oxygen atoms in total. The average molecular weight is 357 g/mol. The summed E-state index contributed by atoms with van der Waals surface area (Å²) in [6, 6.07) is 8.87. The van der Waals surface area contributed by atoms with Gasteiger partial charge in [0.25, 0.3) is 5.91 Å². The van der Waals surface area contributed by atoms with Crippen molar-refractivity contribution in [3.63, 3.8) is 0 Å². The van der Waals surface area contributed by atoms with Crippen LogP contribution in [0, 0.1) is 0 Å². The van der Waals surface area contributed by atoms with Crippen molar-refractivity contribution >= 4 is 11.8 Å². The molecule has 2 aromatic rings. The number of carbonyl (C=O) groups excluding carboxylic acids is 2. The summed E-state index contributed by atoms with van der Waals surface area (Å²) in [7, 11) is 1.60. The highest BCUT2D eigenvalue weighted by Gasteiger charge is 2.17. The van der Waals surface area contributed by atoms with Gasteiger partial charge in [-0.15, -0.1) is 0 Å². The van der Waals surface area contributed by atoms with Crippen molar-refractivity contribution in [1.82, 2.24) is 15.4 Å². The van der Waals surface area contributed by atoms with Crippen LogP contribution in [-0.2, 0) is 4.79 Å². The third-order valence-corrected chi connectivity index (χ3v) is 4.45. The van der Waals surface area contributed by atoms with Gasteiger partial charge in [-0.3, -0.25) is 9.59 Å². The first-order valence-electron chi connectivity index (χ1n) is 8.84. The van der Waals surface area contributed by atoms with Crippen LogP contribution in [0.4, 0.5) is 0 Å². The van der Waals surface area contributed by atoms with E-state index < -0.39 is 0 Å². The lowest BCUT2D eigenvalue weighted by molar-refractivity contribution is -0.131. The molecule has 1 aromatic carbocycles. The zero-order valence-corrected chi connectivity index (χ0v) is 14.9.